The Labute approximate surface area is 84.4 Å². The van der Waals surface area contributed by atoms with Crippen LogP contribution in [0.3, 0.4) is 0 Å². The number of nitrogens with one attached hydrogen (secondary N) is 1. The highest BCUT2D eigenvalue weighted by Crippen LogP contribution is 2.10. The van der Waals surface area contributed by atoms with E-state index in [4.69, 9.17) is 0 Å². The normalized spacial score (nSPS) is 22.0. The molecule has 13 heavy (non-hydrogen) atoms. The van der Waals surface area contributed by atoms with E-state index in [0.29, 0.717) is 0 Å². The van der Waals surface area contributed by atoms with Crippen LogP contribution in [0.5, 0.6) is 0 Å². The Morgan fingerprint density at radius 1 is 1.08 bits per heavy atom. The van der Waals surface area contributed by atoms with Crippen LogP contribution in [0.25, 0.3) is 0 Å². The van der Waals surface area contributed by atoms with Gasteiger partial charge in [0.15, 0.2) is 0 Å². The van der Waals surface area contributed by atoms with Crippen molar-refractivity contribution in [2.24, 2.45) is 0 Å². The van der Waals surface area contributed by atoms with Gasteiger partial charge in [-0.3, -0.25) is 9.80 Å². The summed E-state index contributed by atoms with van der Waals surface area (Å²) in [6, 6.07) is 0. The Morgan fingerprint density at radius 2 is 1.77 bits per heavy atom. The first-order chi connectivity index (χ1) is 6.43. The quantitative estimate of drug-likeness (QED) is 0.521. The molecule has 0 radical (unpaired) electrons. The highest BCUT2D eigenvalue weighted by molar-refractivity contribution is 7.97. The van der Waals surface area contributed by atoms with Gasteiger partial charge in [-0.2, -0.15) is 4.83 Å². The molecule has 1 aliphatic heterocycles. The third-order valence-corrected chi connectivity index (χ3v) is 3.06. The first kappa shape index (κ1) is 10.9. The summed E-state index contributed by atoms with van der Waals surface area (Å²) in [6.07, 6.45) is 8.49. The van der Waals surface area contributed by atoms with E-state index in [0.717, 1.165) is 25.1 Å². The van der Waals surface area contributed by atoms with Crippen LogP contribution in [0.2, 0.25) is 0 Å². The maximum Gasteiger partial charge on any atom is 0.224 e. The van der Waals surface area contributed by atoms with Gasteiger partial charge >= 0.3 is 0 Å². The van der Waals surface area contributed by atoms with Crippen LogP contribution >= 0.6 is 11.9 Å². The largest absolute Gasteiger partial charge is 0.277 e. The van der Waals surface area contributed by atoms with Gasteiger partial charge < -0.3 is 0 Å². The molecule has 1 heterocycles. The second-order valence-electron chi connectivity index (χ2n) is 3.36. The number of carbonyl (C=O) groups is 1. The molecule has 0 aliphatic carbocycles. The van der Waals surface area contributed by atoms with Gasteiger partial charge in [-0.15, -0.1) is 0 Å². The van der Waals surface area contributed by atoms with Gasteiger partial charge in [0.2, 0.25) is 6.41 Å². The topological polar surface area (TPSA) is 32.3 Å². The van der Waals surface area contributed by atoms with Gasteiger partial charge in [-0.1, -0.05) is 37.6 Å². The summed E-state index contributed by atoms with van der Waals surface area (Å²) in [4.78, 5) is 13.6. The second-order valence-corrected chi connectivity index (χ2v) is 4.24. The standard InChI is InChI=1S/C9H18N2OS/c12-9-11-7-5-3-1-2-4-6-8-13-10-11/h9-10H,1-8H2. The fraction of sp³-hybridized carbons (Fsp3) is 0.889. The molecule has 1 aliphatic rings. The Hall–Kier alpha value is -0.220. The summed E-state index contributed by atoms with van der Waals surface area (Å²) < 4.78 is 0. The van der Waals surface area contributed by atoms with Crippen molar-refractivity contribution in [2.45, 2.75) is 38.5 Å². The first-order valence-corrected chi connectivity index (χ1v) is 6.01. The van der Waals surface area contributed by atoms with Crippen LogP contribution < -0.4 is 4.83 Å². The average molecular weight is 202 g/mol. The Morgan fingerprint density at radius 3 is 2.54 bits per heavy atom. The number of amides is 1. The fourth-order valence-electron chi connectivity index (χ4n) is 1.41. The third kappa shape index (κ3) is 5.16. The lowest BCUT2D eigenvalue weighted by molar-refractivity contribution is -0.119. The van der Waals surface area contributed by atoms with E-state index >= 15 is 0 Å². The SMILES string of the molecule is O=CN1CCCCCCCCSN1. The predicted octanol–water partition coefficient (Wildman–Crippen LogP) is 1.95. The van der Waals surface area contributed by atoms with Crippen LogP contribution in [0.1, 0.15) is 38.5 Å². The Balaban J connectivity index is 2.22. The number of hydrogen-bond donors (Lipinski definition) is 1. The van der Waals surface area contributed by atoms with E-state index in [2.05, 4.69) is 4.83 Å². The van der Waals surface area contributed by atoms with Gasteiger partial charge in [0.05, 0.1) is 0 Å². The van der Waals surface area contributed by atoms with Crippen LogP contribution in [0.4, 0.5) is 0 Å². The molecule has 0 bridgehead atoms. The molecule has 1 N–H and O–H groups in total. The highest BCUT2D eigenvalue weighted by Gasteiger charge is 2.02. The van der Waals surface area contributed by atoms with E-state index in [1.807, 2.05) is 0 Å². The highest BCUT2D eigenvalue weighted by atomic mass is 32.2. The van der Waals surface area contributed by atoms with Crippen molar-refractivity contribution < 1.29 is 4.79 Å². The first-order valence-electron chi connectivity index (χ1n) is 5.03. The molecule has 1 saturated heterocycles. The van der Waals surface area contributed by atoms with Crippen molar-refractivity contribution in [3.8, 4) is 0 Å². The Kier molecular flexibility index (Phi) is 6.02. The number of carbonyl (C=O) groups excluding carboxylic acids is 1. The minimum Gasteiger partial charge on any atom is -0.277 e. The van der Waals surface area contributed by atoms with Crippen LogP contribution in [-0.2, 0) is 4.79 Å². The lowest BCUT2D eigenvalue weighted by Crippen LogP contribution is -2.32. The Bertz CT molecular complexity index is 132. The summed E-state index contributed by atoms with van der Waals surface area (Å²) in [5.41, 5.74) is 0. The van der Waals surface area contributed by atoms with Crippen LogP contribution in [-0.4, -0.2) is 23.7 Å². The minimum absolute atomic E-state index is 0.844. The zero-order chi connectivity index (χ0) is 9.36. The lowest BCUT2D eigenvalue weighted by atomic mass is 10.1. The fourth-order valence-corrected chi connectivity index (χ4v) is 2.15. The van der Waals surface area contributed by atoms with Gasteiger partial charge in [0.25, 0.3) is 0 Å². The molecular weight excluding hydrogens is 184 g/mol. The summed E-state index contributed by atoms with van der Waals surface area (Å²) in [7, 11) is 0. The molecule has 3 nitrogen and oxygen atoms in total. The molecule has 0 aromatic rings. The zero-order valence-corrected chi connectivity index (χ0v) is 8.81. The predicted molar refractivity (Wildman–Crippen MR) is 56.1 cm³/mol. The molecule has 0 aromatic heterocycles. The van der Waals surface area contributed by atoms with E-state index < -0.39 is 0 Å². The van der Waals surface area contributed by atoms with Gasteiger partial charge in [-0.25, -0.2) is 0 Å². The average Bonchev–Trinajstić information content (AvgIpc) is 2.22. The van der Waals surface area contributed by atoms with Crippen molar-refractivity contribution >= 4 is 18.4 Å². The molecule has 76 valence electrons. The number of nitrogens with zero attached hydrogens (tertiary/aromatic N) is 1. The van der Waals surface area contributed by atoms with E-state index in [-0.39, 0.29) is 0 Å². The second kappa shape index (κ2) is 7.21. The zero-order valence-electron chi connectivity index (χ0n) is 8.00. The third-order valence-electron chi connectivity index (χ3n) is 2.20. The van der Waals surface area contributed by atoms with Gasteiger partial charge in [0, 0.05) is 12.3 Å². The van der Waals surface area contributed by atoms with Crippen molar-refractivity contribution in [3.05, 3.63) is 0 Å². The van der Waals surface area contributed by atoms with Crippen LogP contribution in [0, 0.1) is 0 Å². The molecule has 0 saturated carbocycles. The van der Waals surface area contributed by atoms with E-state index in [1.54, 1.807) is 17.0 Å². The number of rotatable bonds is 1. The van der Waals surface area contributed by atoms with Gasteiger partial charge in [-0.05, 0) is 12.8 Å². The maximum atomic E-state index is 10.6. The van der Waals surface area contributed by atoms with E-state index in [9.17, 15) is 4.79 Å². The maximum absolute atomic E-state index is 10.6. The molecule has 0 atom stereocenters. The van der Waals surface area contributed by atoms with Crippen molar-refractivity contribution in [2.75, 3.05) is 12.3 Å². The number of hydrazine groups is 1. The van der Waals surface area contributed by atoms with Crippen molar-refractivity contribution in [1.29, 1.82) is 0 Å². The molecule has 1 fully saturated rings. The monoisotopic (exact) mass is 202 g/mol. The number of hydrogen-bond acceptors (Lipinski definition) is 3. The smallest absolute Gasteiger partial charge is 0.224 e. The molecule has 1 rings (SSSR count). The lowest BCUT2D eigenvalue weighted by Gasteiger charge is -2.16. The summed E-state index contributed by atoms with van der Waals surface area (Å²) in [6.45, 7) is 0.844. The minimum atomic E-state index is 0.844. The molecular formula is C9H18N2OS. The molecule has 0 unspecified atom stereocenters. The van der Waals surface area contributed by atoms with Crippen molar-refractivity contribution in [3.63, 3.8) is 0 Å². The van der Waals surface area contributed by atoms with Crippen LogP contribution in [0.15, 0.2) is 0 Å². The van der Waals surface area contributed by atoms with Gasteiger partial charge in [0.1, 0.15) is 0 Å². The van der Waals surface area contributed by atoms with Crippen molar-refractivity contribution in [1.82, 2.24) is 9.84 Å². The summed E-state index contributed by atoms with van der Waals surface area (Å²) >= 11 is 1.64. The summed E-state index contributed by atoms with van der Waals surface area (Å²) in [5, 5.41) is 1.65. The molecule has 4 heteroatoms. The summed E-state index contributed by atoms with van der Waals surface area (Å²) in [5.74, 6) is 1.10. The molecule has 0 spiro atoms. The molecule has 1 amide bonds. The van der Waals surface area contributed by atoms with E-state index in [1.165, 1.54) is 32.1 Å². The molecule has 0 aromatic carbocycles.